The molecule has 1 atom stereocenters. The summed E-state index contributed by atoms with van der Waals surface area (Å²) < 4.78 is 32.4. The molecule has 1 aliphatic heterocycles. The normalized spacial score (nSPS) is 19.2. The molecule has 0 N–H and O–H groups in total. The second kappa shape index (κ2) is 8.83. The quantitative estimate of drug-likeness (QED) is 0.455. The summed E-state index contributed by atoms with van der Waals surface area (Å²) in [5.74, 6) is -0.218. The SMILES string of the molecule is CN1c2ccccc2C(=O)N(Cc2ccc(F)cc2)P1(=O)N(CCCl)CCCl. The van der Waals surface area contributed by atoms with Crippen LogP contribution in [0, 0.1) is 5.82 Å². The lowest BCUT2D eigenvalue weighted by molar-refractivity contribution is 0.0837. The topological polar surface area (TPSA) is 43.9 Å². The zero-order valence-corrected chi connectivity index (χ0v) is 17.8. The van der Waals surface area contributed by atoms with Gasteiger partial charge in [0.25, 0.3) is 5.91 Å². The van der Waals surface area contributed by atoms with Gasteiger partial charge in [0.05, 0.1) is 17.8 Å². The van der Waals surface area contributed by atoms with Gasteiger partial charge in [0.1, 0.15) is 5.82 Å². The molecule has 2 aromatic rings. The molecule has 1 aliphatic rings. The van der Waals surface area contributed by atoms with E-state index < -0.39 is 7.59 Å². The van der Waals surface area contributed by atoms with Gasteiger partial charge in [-0.3, -0.25) is 18.7 Å². The average molecular weight is 444 g/mol. The van der Waals surface area contributed by atoms with Crippen LogP contribution in [-0.2, 0) is 11.1 Å². The molecule has 0 aliphatic carbocycles. The van der Waals surface area contributed by atoms with E-state index in [1.807, 2.05) is 0 Å². The standard InChI is InChI=1S/C19H21Cl2FN3O2P/c1-23-18-5-3-2-4-17(18)19(26)25(14-15-6-8-16(22)9-7-15)28(23,27)24(12-10-20)13-11-21/h2-9H,10-14H2,1H3. The maximum absolute atomic E-state index is 14.4. The molecular formula is C19H21Cl2FN3O2P. The molecule has 2 aromatic carbocycles. The number of fused-ring (bicyclic) bond motifs is 1. The molecule has 0 aromatic heterocycles. The maximum atomic E-state index is 14.4. The van der Waals surface area contributed by atoms with Gasteiger partial charge in [0, 0.05) is 31.9 Å². The minimum Gasteiger partial charge on any atom is -0.297 e. The molecule has 0 spiro atoms. The predicted molar refractivity (Wildman–Crippen MR) is 112 cm³/mol. The van der Waals surface area contributed by atoms with Crippen LogP contribution in [0.3, 0.4) is 0 Å². The molecular weight excluding hydrogens is 423 g/mol. The average Bonchev–Trinajstić information content (AvgIpc) is 2.71. The first-order valence-corrected chi connectivity index (χ1v) is 11.4. The Balaban J connectivity index is 2.12. The fourth-order valence-electron chi connectivity index (χ4n) is 3.33. The van der Waals surface area contributed by atoms with Gasteiger partial charge >= 0.3 is 7.59 Å². The van der Waals surface area contributed by atoms with Crippen LogP contribution in [0.4, 0.5) is 10.1 Å². The van der Waals surface area contributed by atoms with Crippen LogP contribution in [0.5, 0.6) is 0 Å². The number of benzene rings is 2. The Morgan fingerprint density at radius 2 is 1.64 bits per heavy atom. The number of anilines is 1. The molecule has 150 valence electrons. The van der Waals surface area contributed by atoms with E-state index >= 15 is 0 Å². The molecule has 3 rings (SSSR count). The maximum Gasteiger partial charge on any atom is 0.338 e. The summed E-state index contributed by atoms with van der Waals surface area (Å²) in [6, 6.07) is 12.9. The first-order chi connectivity index (χ1) is 13.4. The Bertz CT molecular complexity index is 891. The van der Waals surface area contributed by atoms with Crippen molar-refractivity contribution in [3.63, 3.8) is 0 Å². The molecule has 0 saturated heterocycles. The van der Waals surface area contributed by atoms with Gasteiger partial charge in [-0.05, 0) is 29.8 Å². The van der Waals surface area contributed by atoms with Crippen LogP contribution in [-0.4, -0.2) is 47.1 Å². The number of carbonyl (C=O) groups is 1. The molecule has 0 fully saturated rings. The number of rotatable bonds is 7. The molecule has 0 bridgehead atoms. The number of hydrogen-bond acceptors (Lipinski definition) is 2. The molecule has 0 saturated carbocycles. The number of para-hydroxylation sites is 1. The van der Waals surface area contributed by atoms with E-state index in [0.29, 0.717) is 29.9 Å². The Morgan fingerprint density at radius 1 is 1.04 bits per heavy atom. The zero-order chi connectivity index (χ0) is 20.3. The van der Waals surface area contributed by atoms with E-state index in [4.69, 9.17) is 23.2 Å². The van der Waals surface area contributed by atoms with Crippen molar-refractivity contribution in [3.8, 4) is 0 Å². The summed E-state index contributed by atoms with van der Waals surface area (Å²) in [5, 5.41) is 0. The summed E-state index contributed by atoms with van der Waals surface area (Å²) in [4.78, 5) is 13.3. The van der Waals surface area contributed by atoms with Crippen molar-refractivity contribution in [1.29, 1.82) is 0 Å². The van der Waals surface area contributed by atoms with Crippen LogP contribution in [0.1, 0.15) is 15.9 Å². The summed E-state index contributed by atoms with van der Waals surface area (Å²) in [6.07, 6.45) is 0. The van der Waals surface area contributed by atoms with Crippen molar-refractivity contribution in [2.75, 3.05) is 36.6 Å². The largest absolute Gasteiger partial charge is 0.338 e. The first-order valence-electron chi connectivity index (χ1n) is 8.81. The van der Waals surface area contributed by atoms with Crippen molar-refractivity contribution < 1.29 is 13.8 Å². The van der Waals surface area contributed by atoms with Crippen LogP contribution in [0.2, 0.25) is 0 Å². The molecule has 9 heteroatoms. The van der Waals surface area contributed by atoms with Gasteiger partial charge in [-0.2, -0.15) is 0 Å². The van der Waals surface area contributed by atoms with E-state index in [1.54, 1.807) is 52.8 Å². The van der Waals surface area contributed by atoms with Crippen LogP contribution < -0.4 is 4.67 Å². The lowest BCUT2D eigenvalue weighted by Crippen LogP contribution is -2.47. The lowest BCUT2D eigenvalue weighted by atomic mass is 10.1. The van der Waals surface area contributed by atoms with Gasteiger partial charge in [-0.1, -0.05) is 24.3 Å². The van der Waals surface area contributed by atoms with Gasteiger partial charge < -0.3 is 0 Å². The van der Waals surface area contributed by atoms with Gasteiger partial charge in [0.15, 0.2) is 0 Å². The smallest absolute Gasteiger partial charge is 0.297 e. The number of hydrogen-bond donors (Lipinski definition) is 0. The molecule has 1 amide bonds. The van der Waals surface area contributed by atoms with E-state index in [2.05, 4.69) is 0 Å². The third kappa shape index (κ3) is 3.79. The first kappa shape index (κ1) is 21.1. The summed E-state index contributed by atoms with van der Waals surface area (Å²) in [6.45, 7) is 0.701. The minimum absolute atomic E-state index is 0.0795. The van der Waals surface area contributed by atoms with Crippen LogP contribution in [0.25, 0.3) is 0 Å². The van der Waals surface area contributed by atoms with Crippen LogP contribution in [0.15, 0.2) is 48.5 Å². The van der Waals surface area contributed by atoms with E-state index in [9.17, 15) is 13.8 Å². The van der Waals surface area contributed by atoms with E-state index in [1.165, 1.54) is 16.8 Å². The van der Waals surface area contributed by atoms with E-state index in [-0.39, 0.29) is 30.0 Å². The van der Waals surface area contributed by atoms with E-state index in [0.717, 1.165) is 0 Å². The fraction of sp³-hybridized carbons (Fsp3) is 0.316. The number of carbonyl (C=O) groups excluding carboxylic acids is 1. The Hall–Kier alpha value is -1.59. The highest BCUT2D eigenvalue weighted by Gasteiger charge is 2.48. The molecule has 1 unspecified atom stereocenters. The van der Waals surface area contributed by atoms with Crippen molar-refractivity contribution >= 4 is 42.4 Å². The Morgan fingerprint density at radius 3 is 2.25 bits per heavy atom. The summed E-state index contributed by atoms with van der Waals surface area (Å²) in [5.41, 5.74) is 1.75. The van der Waals surface area contributed by atoms with Gasteiger partial charge in [-0.15, -0.1) is 23.2 Å². The number of nitrogens with zero attached hydrogens (tertiary/aromatic N) is 3. The van der Waals surface area contributed by atoms with Crippen molar-refractivity contribution in [1.82, 2.24) is 9.34 Å². The third-order valence-electron chi connectivity index (χ3n) is 4.72. The fourth-order valence-corrected chi connectivity index (χ4v) is 6.85. The Labute approximate surface area is 174 Å². The predicted octanol–water partition coefficient (Wildman–Crippen LogP) is 4.81. The molecule has 28 heavy (non-hydrogen) atoms. The highest BCUT2D eigenvalue weighted by atomic mass is 35.5. The highest BCUT2D eigenvalue weighted by Crippen LogP contribution is 2.61. The minimum atomic E-state index is -3.54. The zero-order valence-electron chi connectivity index (χ0n) is 15.4. The molecule has 5 nitrogen and oxygen atoms in total. The molecule has 0 radical (unpaired) electrons. The van der Waals surface area contributed by atoms with Crippen molar-refractivity contribution in [2.24, 2.45) is 0 Å². The number of halogens is 3. The van der Waals surface area contributed by atoms with Gasteiger partial charge in [-0.25, -0.2) is 9.06 Å². The second-order valence-corrected chi connectivity index (χ2v) is 9.81. The second-order valence-electron chi connectivity index (χ2n) is 6.37. The Kier molecular flexibility index (Phi) is 6.66. The molecule has 1 heterocycles. The number of amides is 1. The van der Waals surface area contributed by atoms with Gasteiger partial charge in [0.2, 0.25) is 0 Å². The summed E-state index contributed by atoms with van der Waals surface area (Å²) in [7, 11) is -1.83. The number of alkyl halides is 2. The highest BCUT2D eigenvalue weighted by molar-refractivity contribution is 7.61. The van der Waals surface area contributed by atoms with Crippen LogP contribution >= 0.6 is 30.8 Å². The van der Waals surface area contributed by atoms with Crippen molar-refractivity contribution in [3.05, 3.63) is 65.5 Å². The monoisotopic (exact) mass is 443 g/mol. The van der Waals surface area contributed by atoms with Crippen molar-refractivity contribution in [2.45, 2.75) is 6.54 Å². The third-order valence-corrected chi connectivity index (χ3v) is 8.15. The lowest BCUT2D eigenvalue weighted by Gasteiger charge is -2.47. The summed E-state index contributed by atoms with van der Waals surface area (Å²) >= 11 is 11.9.